The number of nitrogens with one attached hydrogen (secondary N) is 2. The first-order valence-corrected chi connectivity index (χ1v) is 7.52. The van der Waals surface area contributed by atoms with Crippen LogP contribution in [-0.4, -0.2) is 32.3 Å². The lowest BCUT2D eigenvalue weighted by Crippen LogP contribution is -2.45. The zero-order valence-corrected chi connectivity index (χ0v) is 13.9. The van der Waals surface area contributed by atoms with E-state index in [1.165, 1.54) is 7.11 Å². The summed E-state index contributed by atoms with van der Waals surface area (Å²) in [5.74, 6) is -0.484. The fourth-order valence-corrected chi connectivity index (χ4v) is 2.72. The zero-order chi connectivity index (χ0) is 16.1. The number of methoxy groups -OCH3 is 1. The summed E-state index contributed by atoms with van der Waals surface area (Å²) >= 11 is 3.45. The maximum Gasteiger partial charge on any atom is 0.338 e. The molecule has 22 heavy (non-hydrogen) atoms. The van der Waals surface area contributed by atoms with Crippen LogP contribution < -0.4 is 10.6 Å². The van der Waals surface area contributed by atoms with Gasteiger partial charge in [-0.2, -0.15) is 0 Å². The Bertz CT molecular complexity index is 615. The lowest BCUT2D eigenvalue weighted by atomic mass is 9.95. The maximum absolute atomic E-state index is 12.3. The highest BCUT2D eigenvalue weighted by Crippen LogP contribution is 2.32. The fraction of sp³-hybridized carbons (Fsp3) is 0.333. The third-order valence-electron chi connectivity index (χ3n) is 3.23. The van der Waals surface area contributed by atoms with E-state index in [-0.39, 0.29) is 12.6 Å². The second-order valence-corrected chi connectivity index (χ2v) is 5.57. The minimum atomic E-state index is -0.570. The number of amides is 2. The average Bonchev–Trinajstić information content (AvgIpc) is 2.47. The van der Waals surface area contributed by atoms with Crippen LogP contribution in [0.2, 0.25) is 0 Å². The number of esters is 1. The molecule has 0 radical (unpaired) electrons. The van der Waals surface area contributed by atoms with Crippen LogP contribution in [0.5, 0.6) is 0 Å². The van der Waals surface area contributed by atoms with Gasteiger partial charge in [0, 0.05) is 17.3 Å². The molecular formula is C15H17BrN2O4. The lowest BCUT2D eigenvalue weighted by molar-refractivity contribution is -0.140. The Hall–Kier alpha value is -1.86. The number of urea groups is 1. The van der Waals surface area contributed by atoms with Gasteiger partial charge in [-0.25, -0.2) is 9.59 Å². The van der Waals surface area contributed by atoms with Crippen LogP contribution in [0.25, 0.3) is 0 Å². The molecule has 0 saturated heterocycles. The molecule has 0 aliphatic carbocycles. The zero-order valence-electron chi connectivity index (χ0n) is 12.3. The standard InChI is InChI=1S/C15H17BrN2O4/c1-9-12(14(19)22-8-7-21-2)13(18-15(20)17-9)10-5-3-4-6-11(10)16/h3-6,13H,7-8H2,1-2H3,(H2,17,18,20)/t13-/m0/s1. The topological polar surface area (TPSA) is 76.7 Å². The number of allylic oxidation sites excluding steroid dienone is 1. The molecule has 2 N–H and O–H groups in total. The van der Waals surface area contributed by atoms with Gasteiger partial charge in [-0.15, -0.1) is 0 Å². The molecule has 2 amide bonds. The molecule has 1 aliphatic rings. The van der Waals surface area contributed by atoms with Gasteiger partial charge in [0.2, 0.25) is 0 Å². The highest BCUT2D eigenvalue weighted by Gasteiger charge is 2.33. The van der Waals surface area contributed by atoms with E-state index in [2.05, 4.69) is 26.6 Å². The molecule has 0 saturated carbocycles. The largest absolute Gasteiger partial charge is 0.460 e. The number of carbonyl (C=O) groups is 2. The number of ether oxygens (including phenoxy) is 2. The van der Waals surface area contributed by atoms with Crippen molar-refractivity contribution in [2.75, 3.05) is 20.3 Å². The van der Waals surface area contributed by atoms with Crippen LogP contribution in [0.4, 0.5) is 4.79 Å². The molecule has 2 rings (SSSR count). The summed E-state index contributed by atoms with van der Waals surface area (Å²) in [6, 6.07) is 6.48. The van der Waals surface area contributed by atoms with Crippen molar-refractivity contribution in [3.05, 3.63) is 45.6 Å². The highest BCUT2D eigenvalue weighted by atomic mass is 79.9. The van der Waals surface area contributed by atoms with Crippen molar-refractivity contribution < 1.29 is 19.1 Å². The summed E-state index contributed by atoms with van der Waals surface area (Å²) in [4.78, 5) is 24.1. The average molecular weight is 369 g/mol. The first-order valence-electron chi connectivity index (χ1n) is 6.73. The molecule has 1 aromatic carbocycles. The molecule has 7 heteroatoms. The first-order chi connectivity index (χ1) is 10.5. The van der Waals surface area contributed by atoms with E-state index in [0.717, 1.165) is 10.0 Å². The Morgan fingerprint density at radius 1 is 1.32 bits per heavy atom. The first kappa shape index (κ1) is 16.5. The summed E-state index contributed by atoms with van der Waals surface area (Å²) in [5.41, 5.74) is 1.64. The van der Waals surface area contributed by atoms with Crippen molar-refractivity contribution in [1.82, 2.24) is 10.6 Å². The predicted octanol–water partition coefficient (Wildman–Crippen LogP) is 2.27. The van der Waals surface area contributed by atoms with Crippen LogP contribution in [0.1, 0.15) is 18.5 Å². The van der Waals surface area contributed by atoms with Crippen molar-refractivity contribution in [2.24, 2.45) is 0 Å². The monoisotopic (exact) mass is 368 g/mol. The molecule has 1 aliphatic heterocycles. The van der Waals surface area contributed by atoms with Crippen LogP contribution >= 0.6 is 15.9 Å². The third kappa shape index (κ3) is 3.66. The minimum absolute atomic E-state index is 0.155. The Balaban J connectivity index is 2.33. The van der Waals surface area contributed by atoms with E-state index in [4.69, 9.17) is 9.47 Å². The molecule has 1 heterocycles. The molecule has 0 spiro atoms. The van der Waals surface area contributed by atoms with Crippen molar-refractivity contribution >= 4 is 27.9 Å². The Morgan fingerprint density at radius 2 is 2.05 bits per heavy atom. The molecule has 0 bridgehead atoms. The molecule has 0 aromatic heterocycles. The second kappa shape index (κ2) is 7.42. The van der Waals surface area contributed by atoms with Gasteiger partial charge in [-0.05, 0) is 18.6 Å². The molecule has 1 aromatic rings. The summed E-state index contributed by atoms with van der Waals surface area (Å²) in [6.07, 6.45) is 0. The number of hydrogen-bond acceptors (Lipinski definition) is 4. The van der Waals surface area contributed by atoms with Gasteiger partial charge < -0.3 is 20.1 Å². The van der Waals surface area contributed by atoms with E-state index in [9.17, 15) is 9.59 Å². The van der Waals surface area contributed by atoms with E-state index >= 15 is 0 Å². The van der Waals surface area contributed by atoms with Gasteiger partial charge in [0.1, 0.15) is 6.61 Å². The Kier molecular flexibility index (Phi) is 5.57. The minimum Gasteiger partial charge on any atom is -0.460 e. The number of halogens is 1. The Labute approximate surface area is 137 Å². The third-order valence-corrected chi connectivity index (χ3v) is 3.95. The number of rotatable bonds is 5. The molecule has 0 unspecified atom stereocenters. The van der Waals surface area contributed by atoms with Crippen molar-refractivity contribution in [2.45, 2.75) is 13.0 Å². The number of benzene rings is 1. The molecular weight excluding hydrogens is 352 g/mol. The fourth-order valence-electron chi connectivity index (χ4n) is 2.20. The highest BCUT2D eigenvalue weighted by molar-refractivity contribution is 9.10. The van der Waals surface area contributed by atoms with Gasteiger partial charge in [0.25, 0.3) is 0 Å². The van der Waals surface area contributed by atoms with E-state index in [0.29, 0.717) is 17.9 Å². The van der Waals surface area contributed by atoms with E-state index in [1.54, 1.807) is 6.92 Å². The molecule has 6 nitrogen and oxygen atoms in total. The van der Waals surface area contributed by atoms with Crippen molar-refractivity contribution in [1.29, 1.82) is 0 Å². The van der Waals surface area contributed by atoms with Crippen molar-refractivity contribution in [3.63, 3.8) is 0 Å². The SMILES string of the molecule is COCCOC(=O)C1=C(C)NC(=O)N[C@H]1c1ccccc1Br. The predicted molar refractivity (Wildman–Crippen MR) is 84.1 cm³/mol. The number of carbonyl (C=O) groups excluding carboxylic acids is 2. The summed E-state index contributed by atoms with van der Waals surface area (Å²) < 4.78 is 10.9. The summed E-state index contributed by atoms with van der Waals surface area (Å²) in [5, 5.41) is 5.36. The van der Waals surface area contributed by atoms with Gasteiger partial charge in [0.05, 0.1) is 18.2 Å². The normalized spacial score (nSPS) is 17.8. The number of hydrogen-bond donors (Lipinski definition) is 2. The van der Waals surface area contributed by atoms with Gasteiger partial charge in [-0.3, -0.25) is 0 Å². The van der Waals surface area contributed by atoms with Gasteiger partial charge in [-0.1, -0.05) is 34.1 Å². The van der Waals surface area contributed by atoms with Gasteiger partial charge in [0.15, 0.2) is 0 Å². The van der Waals surface area contributed by atoms with Crippen LogP contribution in [0.3, 0.4) is 0 Å². The van der Waals surface area contributed by atoms with Gasteiger partial charge >= 0.3 is 12.0 Å². The molecule has 0 fully saturated rings. The van der Waals surface area contributed by atoms with Crippen LogP contribution in [0.15, 0.2) is 40.0 Å². The summed E-state index contributed by atoms with van der Waals surface area (Å²) in [6.45, 7) is 2.15. The quantitative estimate of drug-likeness (QED) is 0.617. The molecule has 1 atom stereocenters. The summed E-state index contributed by atoms with van der Waals surface area (Å²) in [7, 11) is 1.53. The van der Waals surface area contributed by atoms with Crippen LogP contribution in [0, 0.1) is 0 Å². The Morgan fingerprint density at radius 3 is 2.73 bits per heavy atom. The van der Waals surface area contributed by atoms with E-state index < -0.39 is 12.0 Å². The lowest BCUT2D eigenvalue weighted by Gasteiger charge is -2.28. The molecule has 118 valence electrons. The van der Waals surface area contributed by atoms with E-state index in [1.807, 2.05) is 24.3 Å². The maximum atomic E-state index is 12.3. The van der Waals surface area contributed by atoms with Crippen LogP contribution in [-0.2, 0) is 14.3 Å². The second-order valence-electron chi connectivity index (χ2n) is 4.72. The van der Waals surface area contributed by atoms with Crippen molar-refractivity contribution in [3.8, 4) is 0 Å². The smallest absolute Gasteiger partial charge is 0.338 e.